The summed E-state index contributed by atoms with van der Waals surface area (Å²) < 4.78 is 24.6. The van der Waals surface area contributed by atoms with Crippen molar-refractivity contribution in [3.8, 4) is 0 Å². The molecule has 1 N–H and O–H groups in total. The fourth-order valence-corrected chi connectivity index (χ4v) is 3.32. The maximum atomic E-state index is 11.5. The van der Waals surface area contributed by atoms with Crippen LogP contribution in [0, 0.1) is 5.92 Å². The van der Waals surface area contributed by atoms with E-state index in [0.29, 0.717) is 25.0 Å². The molecule has 19 heavy (non-hydrogen) atoms. The van der Waals surface area contributed by atoms with Crippen molar-refractivity contribution in [2.45, 2.75) is 45.6 Å². The first-order valence-corrected chi connectivity index (χ1v) is 9.08. The molecular weight excluding hydrogens is 260 g/mol. The zero-order valence-electron chi connectivity index (χ0n) is 12.4. The minimum absolute atomic E-state index is 0.484. The Morgan fingerprint density at radius 2 is 2.11 bits per heavy atom. The monoisotopic (exact) mass is 288 g/mol. The van der Waals surface area contributed by atoms with E-state index in [9.17, 15) is 8.42 Å². The van der Waals surface area contributed by atoms with Gasteiger partial charge in [0.2, 0.25) is 10.0 Å². The molecule has 1 aliphatic rings. The van der Waals surface area contributed by atoms with Crippen LogP contribution in [-0.2, 0) is 10.0 Å². The van der Waals surface area contributed by atoms with Crippen molar-refractivity contribution in [1.29, 1.82) is 0 Å². The molecule has 0 radical (unpaired) electrons. The van der Waals surface area contributed by atoms with Gasteiger partial charge in [0.05, 0.1) is 6.26 Å². The highest BCUT2D eigenvalue weighted by molar-refractivity contribution is 7.88. The van der Waals surface area contributed by atoms with Gasteiger partial charge >= 0.3 is 0 Å². The third-order valence-electron chi connectivity index (χ3n) is 3.45. The van der Waals surface area contributed by atoms with Crippen LogP contribution in [0.4, 0.5) is 0 Å². The van der Waals surface area contributed by atoms with E-state index in [1.165, 1.54) is 6.26 Å². The topological polar surface area (TPSA) is 49.4 Å². The van der Waals surface area contributed by atoms with E-state index in [1.807, 2.05) is 0 Å². The van der Waals surface area contributed by atoms with Gasteiger partial charge in [-0.25, -0.2) is 12.7 Å². The number of piperidine rings is 1. The molecule has 112 valence electrons. The molecule has 0 aromatic carbocycles. The number of rotatable bonds is 7. The van der Waals surface area contributed by atoms with Crippen LogP contribution in [0.5, 0.6) is 0 Å². The number of nitrogens with one attached hydrogen (secondary N) is 1. The molecule has 0 bridgehead atoms. The normalized spacial score (nSPS) is 22.4. The first-order chi connectivity index (χ1) is 8.89. The van der Waals surface area contributed by atoms with Crippen molar-refractivity contribution in [2.75, 3.05) is 25.9 Å². The van der Waals surface area contributed by atoms with Crippen LogP contribution in [0.15, 0.2) is 12.2 Å². The van der Waals surface area contributed by atoms with Crippen LogP contribution in [0.25, 0.3) is 0 Å². The van der Waals surface area contributed by atoms with Crippen LogP contribution in [0.1, 0.15) is 39.5 Å². The Morgan fingerprint density at radius 3 is 2.74 bits per heavy atom. The molecular formula is C14H28N2O2S. The van der Waals surface area contributed by atoms with E-state index in [2.05, 4.69) is 31.3 Å². The standard InChI is InChI=1S/C14H28N2O2S/c1-13(2)15-10-6-4-5-8-14-9-7-11-16(12-14)19(3,17)18/h4-5,13-15H,6-12H2,1-3H3. The predicted molar refractivity (Wildman–Crippen MR) is 80.7 cm³/mol. The molecule has 0 aliphatic carbocycles. The Bertz CT molecular complexity index is 377. The highest BCUT2D eigenvalue weighted by Gasteiger charge is 2.24. The van der Waals surface area contributed by atoms with Gasteiger partial charge in [0.15, 0.2) is 0 Å². The van der Waals surface area contributed by atoms with E-state index in [4.69, 9.17) is 0 Å². The molecule has 0 spiro atoms. The van der Waals surface area contributed by atoms with Crippen molar-refractivity contribution in [1.82, 2.24) is 9.62 Å². The summed E-state index contributed by atoms with van der Waals surface area (Å²) >= 11 is 0. The van der Waals surface area contributed by atoms with Crippen molar-refractivity contribution in [3.05, 3.63) is 12.2 Å². The van der Waals surface area contributed by atoms with Crippen LogP contribution < -0.4 is 5.32 Å². The quantitative estimate of drug-likeness (QED) is 0.576. The summed E-state index contributed by atoms with van der Waals surface area (Å²) in [7, 11) is -3.01. The molecule has 1 saturated heterocycles. The number of allylic oxidation sites excluding steroid dienone is 1. The second-order valence-electron chi connectivity index (χ2n) is 5.73. The molecule has 1 fully saturated rings. The van der Waals surface area contributed by atoms with Crippen LogP contribution in [0.2, 0.25) is 0 Å². The lowest BCUT2D eigenvalue weighted by molar-refractivity contribution is 0.269. The molecule has 0 aromatic heterocycles. The summed E-state index contributed by atoms with van der Waals surface area (Å²) in [5.74, 6) is 0.484. The lowest BCUT2D eigenvalue weighted by atomic mass is 9.96. The summed E-state index contributed by atoms with van der Waals surface area (Å²) in [4.78, 5) is 0. The van der Waals surface area contributed by atoms with Gasteiger partial charge in [-0.05, 0) is 38.1 Å². The number of sulfonamides is 1. The predicted octanol–water partition coefficient (Wildman–Crippen LogP) is 1.99. The minimum Gasteiger partial charge on any atom is -0.314 e. The van der Waals surface area contributed by atoms with E-state index in [-0.39, 0.29) is 0 Å². The van der Waals surface area contributed by atoms with E-state index in [0.717, 1.165) is 32.2 Å². The SMILES string of the molecule is CC(C)NCCC=CCC1CCCN(S(C)(=O)=O)C1. The Labute approximate surface area is 118 Å². The third-order valence-corrected chi connectivity index (χ3v) is 4.72. The van der Waals surface area contributed by atoms with Gasteiger partial charge in [0.1, 0.15) is 0 Å². The van der Waals surface area contributed by atoms with Gasteiger partial charge in [-0.2, -0.15) is 0 Å². The molecule has 1 atom stereocenters. The second kappa shape index (κ2) is 8.02. The largest absolute Gasteiger partial charge is 0.314 e. The van der Waals surface area contributed by atoms with Gasteiger partial charge in [0, 0.05) is 19.1 Å². The maximum absolute atomic E-state index is 11.5. The second-order valence-corrected chi connectivity index (χ2v) is 7.72. The Hall–Kier alpha value is -0.390. The average Bonchev–Trinajstić information content (AvgIpc) is 2.32. The lowest BCUT2D eigenvalue weighted by Crippen LogP contribution is -2.39. The first kappa shape index (κ1) is 16.7. The fourth-order valence-electron chi connectivity index (χ4n) is 2.38. The molecule has 1 heterocycles. The van der Waals surface area contributed by atoms with Gasteiger partial charge < -0.3 is 5.32 Å². The first-order valence-electron chi connectivity index (χ1n) is 7.23. The smallest absolute Gasteiger partial charge is 0.211 e. The maximum Gasteiger partial charge on any atom is 0.211 e. The summed E-state index contributed by atoms with van der Waals surface area (Å²) in [6, 6.07) is 0.537. The summed E-state index contributed by atoms with van der Waals surface area (Å²) in [5.41, 5.74) is 0. The Kier molecular flexibility index (Phi) is 7.04. The van der Waals surface area contributed by atoms with Gasteiger partial charge in [-0.15, -0.1) is 0 Å². The molecule has 1 aliphatic heterocycles. The van der Waals surface area contributed by atoms with Crippen LogP contribution in [0.3, 0.4) is 0 Å². The zero-order valence-corrected chi connectivity index (χ0v) is 13.2. The molecule has 0 amide bonds. The summed E-state index contributed by atoms with van der Waals surface area (Å²) in [5, 5.41) is 3.37. The number of hydrogen-bond donors (Lipinski definition) is 1. The molecule has 5 heteroatoms. The fraction of sp³-hybridized carbons (Fsp3) is 0.857. The van der Waals surface area contributed by atoms with E-state index >= 15 is 0 Å². The van der Waals surface area contributed by atoms with E-state index in [1.54, 1.807) is 4.31 Å². The Balaban J connectivity index is 2.24. The van der Waals surface area contributed by atoms with Crippen molar-refractivity contribution in [3.63, 3.8) is 0 Å². The summed E-state index contributed by atoms with van der Waals surface area (Å²) in [6.07, 6.45) is 9.88. The van der Waals surface area contributed by atoms with Crippen molar-refractivity contribution in [2.24, 2.45) is 5.92 Å². The van der Waals surface area contributed by atoms with Gasteiger partial charge in [-0.1, -0.05) is 26.0 Å². The van der Waals surface area contributed by atoms with Crippen LogP contribution in [-0.4, -0.2) is 44.7 Å². The number of hydrogen-bond acceptors (Lipinski definition) is 3. The zero-order chi connectivity index (χ0) is 14.3. The van der Waals surface area contributed by atoms with Crippen molar-refractivity contribution >= 4 is 10.0 Å². The number of nitrogens with zero attached hydrogens (tertiary/aromatic N) is 1. The minimum atomic E-state index is -3.01. The van der Waals surface area contributed by atoms with Gasteiger partial charge in [-0.3, -0.25) is 0 Å². The van der Waals surface area contributed by atoms with Gasteiger partial charge in [0.25, 0.3) is 0 Å². The lowest BCUT2D eigenvalue weighted by Gasteiger charge is -2.30. The highest BCUT2D eigenvalue weighted by atomic mass is 32.2. The molecule has 4 nitrogen and oxygen atoms in total. The highest BCUT2D eigenvalue weighted by Crippen LogP contribution is 2.21. The summed E-state index contributed by atoms with van der Waals surface area (Å²) in [6.45, 7) is 6.68. The van der Waals surface area contributed by atoms with E-state index < -0.39 is 10.0 Å². The molecule has 1 unspecified atom stereocenters. The van der Waals surface area contributed by atoms with Crippen LogP contribution >= 0.6 is 0 Å². The third kappa shape index (κ3) is 7.09. The molecule has 0 aromatic rings. The average molecular weight is 288 g/mol. The molecule has 1 rings (SSSR count). The van der Waals surface area contributed by atoms with Crippen molar-refractivity contribution < 1.29 is 8.42 Å². The Morgan fingerprint density at radius 1 is 1.37 bits per heavy atom. The molecule has 0 saturated carbocycles.